The van der Waals surface area contributed by atoms with Crippen molar-refractivity contribution in [2.24, 2.45) is 0 Å². The van der Waals surface area contributed by atoms with Gasteiger partial charge in [0, 0.05) is 41.9 Å². The molecule has 0 amide bonds. The maximum absolute atomic E-state index is 11.1. The lowest BCUT2D eigenvalue weighted by atomic mass is 10.3. The molecule has 1 N–H and O–H groups in total. The number of hydrogen-bond acceptors (Lipinski definition) is 4. The normalized spacial score (nSPS) is 21.7. The zero-order valence-electron chi connectivity index (χ0n) is 8.53. The highest BCUT2D eigenvalue weighted by atomic mass is 32.2. The molecule has 0 saturated carbocycles. The lowest BCUT2D eigenvalue weighted by Gasteiger charge is -2.27. The quantitative estimate of drug-likeness (QED) is 0.690. The van der Waals surface area contributed by atoms with Crippen LogP contribution >= 0.6 is 0 Å². The molecule has 1 atom stereocenters. The highest BCUT2D eigenvalue weighted by Gasteiger charge is 2.18. The molecule has 0 spiro atoms. The zero-order chi connectivity index (χ0) is 10.4. The molecule has 1 fully saturated rings. The number of nitrogens with zero attached hydrogens (tertiary/aromatic N) is 2. The minimum atomic E-state index is -0.626. The average molecular weight is 215 g/mol. The first kappa shape index (κ1) is 11.6. The van der Waals surface area contributed by atoms with E-state index in [1.54, 1.807) is 0 Å². The Hall–Kier alpha value is -0.440. The first-order valence-electron chi connectivity index (χ1n) is 4.96. The summed E-state index contributed by atoms with van der Waals surface area (Å²) in [7, 11) is -0.626. The molecule has 1 rings (SSSR count). The van der Waals surface area contributed by atoms with Crippen LogP contribution in [0.2, 0.25) is 0 Å². The SMILES string of the molecule is CCNC(C#N)CN1CCS(=O)CC1. The molecule has 0 radical (unpaired) electrons. The summed E-state index contributed by atoms with van der Waals surface area (Å²) in [4.78, 5) is 2.21. The van der Waals surface area contributed by atoms with Gasteiger partial charge in [0.15, 0.2) is 0 Å². The van der Waals surface area contributed by atoms with Crippen molar-refractivity contribution in [1.29, 1.82) is 5.26 Å². The molecule has 0 aromatic carbocycles. The van der Waals surface area contributed by atoms with Gasteiger partial charge in [-0.15, -0.1) is 0 Å². The Labute approximate surface area is 87.7 Å². The van der Waals surface area contributed by atoms with Gasteiger partial charge in [-0.3, -0.25) is 9.11 Å². The van der Waals surface area contributed by atoms with Crippen LogP contribution in [0.5, 0.6) is 0 Å². The summed E-state index contributed by atoms with van der Waals surface area (Å²) in [6.45, 7) is 5.28. The average Bonchev–Trinajstić information content (AvgIpc) is 2.20. The van der Waals surface area contributed by atoms with Crippen molar-refractivity contribution in [2.75, 3.05) is 37.7 Å². The van der Waals surface area contributed by atoms with Crippen molar-refractivity contribution in [3.63, 3.8) is 0 Å². The second kappa shape index (κ2) is 6.12. The van der Waals surface area contributed by atoms with Crippen LogP contribution in [0.15, 0.2) is 0 Å². The second-order valence-corrected chi connectivity index (χ2v) is 5.08. The first-order chi connectivity index (χ1) is 6.76. The van der Waals surface area contributed by atoms with Crippen molar-refractivity contribution >= 4 is 10.8 Å². The Morgan fingerprint density at radius 3 is 2.71 bits per heavy atom. The van der Waals surface area contributed by atoms with E-state index >= 15 is 0 Å². The third-order valence-electron chi connectivity index (χ3n) is 2.32. The monoisotopic (exact) mass is 215 g/mol. The summed E-state index contributed by atoms with van der Waals surface area (Å²) in [6.07, 6.45) is 0. The van der Waals surface area contributed by atoms with E-state index in [2.05, 4.69) is 16.3 Å². The molecule has 14 heavy (non-hydrogen) atoms. The van der Waals surface area contributed by atoms with E-state index in [1.165, 1.54) is 0 Å². The molecule has 1 aliphatic heterocycles. The Morgan fingerprint density at radius 1 is 1.57 bits per heavy atom. The van der Waals surface area contributed by atoms with Crippen LogP contribution in [-0.2, 0) is 10.8 Å². The molecule has 1 aliphatic rings. The standard InChI is InChI=1S/C9H17N3OS/c1-2-11-9(7-10)8-12-3-5-14(13)6-4-12/h9,11H,2-6,8H2,1H3. The second-order valence-electron chi connectivity index (χ2n) is 3.39. The van der Waals surface area contributed by atoms with E-state index < -0.39 is 10.8 Å². The molecule has 0 aliphatic carbocycles. The molecule has 0 aromatic heterocycles. The van der Waals surface area contributed by atoms with Crippen LogP contribution in [0.1, 0.15) is 6.92 Å². The van der Waals surface area contributed by atoms with Crippen LogP contribution in [0.25, 0.3) is 0 Å². The number of nitriles is 1. The third-order valence-corrected chi connectivity index (χ3v) is 3.59. The smallest absolute Gasteiger partial charge is 0.108 e. The van der Waals surface area contributed by atoms with Gasteiger partial charge >= 0.3 is 0 Å². The molecule has 0 bridgehead atoms. The highest BCUT2D eigenvalue weighted by Crippen LogP contribution is 2.00. The molecule has 5 heteroatoms. The number of nitrogens with one attached hydrogen (secondary N) is 1. The van der Waals surface area contributed by atoms with Gasteiger partial charge in [0.25, 0.3) is 0 Å². The van der Waals surface area contributed by atoms with Crippen molar-refractivity contribution in [2.45, 2.75) is 13.0 Å². The van der Waals surface area contributed by atoms with E-state index in [9.17, 15) is 4.21 Å². The number of hydrogen-bond donors (Lipinski definition) is 1. The molecule has 1 heterocycles. The van der Waals surface area contributed by atoms with Gasteiger partial charge in [-0.05, 0) is 6.54 Å². The van der Waals surface area contributed by atoms with E-state index in [0.717, 1.165) is 37.7 Å². The fourth-order valence-corrected chi connectivity index (χ4v) is 2.64. The van der Waals surface area contributed by atoms with Crippen molar-refractivity contribution in [3.05, 3.63) is 0 Å². The van der Waals surface area contributed by atoms with Crippen molar-refractivity contribution in [3.8, 4) is 6.07 Å². The molecule has 80 valence electrons. The van der Waals surface area contributed by atoms with Gasteiger partial charge in [-0.1, -0.05) is 6.92 Å². The van der Waals surface area contributed by atoms with Gasteiger partial charge < -0.3 is 5.32 Å². The minimum absolute atomic E-state index is 0.0912. The predicted octanol–water partition coefficient (Wildman–Crippen LogP) is -0.448. The number of rotatable bonds is 4. The summed E-state index contributed by atoms with van der Waals surface area (Å²) >= 11 is 0. The van der Waals surface area contributed by atoms with Crippen molar-refractivity contribution in [1.82, 2.24) is 10.2 Å². The molecule has 0 aromatic rings. The molecular weight excluding hydrogens is 198 g/mol. The van der Waals surface area contributed by atoms with E-state index in [-0.39, 0.29) is 6.04 Å². The van der Waals surface area contributed by atoms with Gasteiger partial charge in [-0.2, -0.15) is 5.26 Å². The predicted molar refractivity (Wildman–Crippen MR) is 57.4 cm³/mol. The zero-order valence-corrected chi connectivity index (χ0v) is 9.35. The fraction of sp³-hybridized carbons (Fsp3) is 0.889. The summed E-state index contributed by atoms with van der Waals surface area (Å²) in [5.41, 5.74) is 0. The lowest BCUT2D eigenvalue weighted by Crippen LogP contribution is -2.45. The minimum Gasteiger partial charge on any atom is -0.301 e. The van der Waals surface area contributed by atoms with E-state index in [1.807, 2.05) is 6.92 Å². The molecule has 1 unspecified atom stereocenters. The highest BCUT2D eigenvalue weighted by molar-refractivity contribution is 7.85. The Kier molecular flexibility index (Phi) is 5.09. The van der Waals surface area contributed by atoms with Crippen molar-refractivity contribution < 1.29 is 4.21 Å². The van der Waals surface area contributed by atoms with E-state index in [4.69, 9.17) is 5.26 Å². The summed E-state index contributed by atoms with van der Waals surface area (Å²) in [6, 6.07) is 2.14. The van der Waals surface area contributed by atoms with E-state index in [0.29, 0.717) is 0 Å². The summed E-state index contributed by atoms with van der Waals surface area (Å²) < 4.78 is 11.1. The van der Waals surface area contributed by atoms with Crippen LogP contribution in [-0.4, -0.2) is 52.8 Å². The maximum atomic E-state index is 11.1. The van der Waals surface area contributed by atoms with Crippen LogP contribution in [0, 0.1) is 11.3 Å². The Morgan fingerprint density at radius 2 is 2.21 bits per heavy atom. The molecule has 1 saturated heterocycles. The van der Waals surface area contributed by atoms with Crippen LogP contribution in [0.4, 0.5) is 0 Å². The van der Waals surface area contributed by atoms with Gasteiger partial charge in [0.2, 0.25) is 0 Å². The summed E-state index contributed by atoms with van der Waals surface area (Å²) in [5, 5.41) is 12.0. The van der Waals surface area contributed by atoms with Gasteiger partial charge in [0.1, 0.15) is 6.04 Å². The molecule has 4 nitrogen and oxygen atoms in total. The first-order valence-corrected chi connectivity index (χ1v) is 6.45. The topological polar surface area (TPSA) is 56.1 Å². The maximum Gasteiger partial charge on any atom is 0.108 e. The Balaban J connectivity index is 2.29. The lowest BCUT2D eigenvalue weighted by molar-refractivity contribution is 0.281. The van der Waals surface area contributed by atoms with Crippen LogP contribution in [0.3, 0.4) is 0 Å². The largest absolute Gasteiger partial charge is 0.301 e. The summed E-state index contributed by atoms with van der Waals surface area (Å²) in [5.74, 6) is 1.51. The van der Waals surface area contributed by atoms with Gasteiger partial charge in [-0.25, -0.2) is 0 Å². The molecular formula is C9H17N3OS. The Bertz CT molecular complexity index is 229. The third kappa shape index (κ3) is 3.74. The van der Waals surface area contributed by atoms with Crippen LogP contribution < -0.4 is 5.32 Å². The number of likely N-dealkylation sites (N-methyl/N-ethyl adjacent to an activating group) is 1. The van der Waals surface area contributed by atoms with Gasteiger partial charge in [0.05, 0.1) is 6.07 Å². The fourth-order valence-electron chi connectivity index (χ4n) is 1.51.